The molecule has 0 radical (unpaired) electrons. The van der Waals surface area contributed by atoms with Gasteiger partial charge in [0.2, 0.25) is 5.13 Å². The average Bonchev–Trinajstić information content (AvgIpc) is 3.15. The summed E-state index contributed by atoms with van der Waals surface area (Å²) in [6.07, 6.45) is 7.81. The third-order valence-electron chi connectivity index (χ3n) is 4.58. The van der Waals surface area contributed by atoms with Crippen molar-refractivity contribution in [1.29, 1.82) is 0 Å². The third-order valence-corrected chi connectivity index (χ3v) is 5.60. The largest absolute Gasteiger partial charge is 0.293 e. The van der Waals surface area contributed by atoms with Crippen LogP contribution in [0.2, 0.25) is 0 Å². The number of aromatic amines is 1. The lowest BCUT2D eigenvalue weighted by Crippen LogP contribution is -2.17. The Morgan fingerprint density at radius 3 is 2.88 bits per heavy atom. The Morgan fingerprint density at radius 2 is 2.08 bits per heavy atom. The summed E-state index contributed by atoms with van der Waals surface area (Å²) in [5, 5.41) is 3.81. The molecule has 4 rings (SSSR count). The fourth-order valence-electron chi connectivity index (χ4n) is 3.21. The first-order chi connectivity index (χ1) is 11.7. The molecule has 1 aliphatic rings. The Balaban J connectivity index is 1.68. The molecule has 2 heterocycles. The van der Waals surface area contributed by atoms with Crippen molar-refractivity contribution in [2.45, 2.75) is 45.1 Å². The number of benzene rings is 1. The van der Waals surface area contributed by atoms with E-state index in [4.69, 9.17) is 0 Å². The van der Waals surface area contributed by atoms with E-state index in [0.29, 0.717) is 16.7 Å². The molecule has 0 bridgehead atoms. The summed E-state index contributed by atoms with van der Waals surface area (Å²) in [5.74, 6) is 0. The zero-order valence-corrected chi connectivity index (χ0v) is 14.5. The van der Waals surface area contributed by atoms with Crippen LogP contribution in [-0.4, -0.2) is 27.0 Å². The summed E-state index contributed by atoms with van der Waals surface area (Å²) in [4.78, 5) is 22.0. The summed E-state index contributed by atoms with van der Waals surface area (Å²) in [6.45, 7) is 1.91. The van der Waals surface area contributed by atoms with Crippen molar-refractivity contribution >= 4 is 27.8 Å². The summed E-state index contributed by atoms with van der Waals surface area (Å²) < 4.78 is 2.60. The van der Waals surface area contributed by atoms with Gasteiger partial charge in [0.1, 0.15) is 0 Å². The van der Waals surface area contributed by atoms with Crippen LogP contribution in [0.3, 0.4) is 0 Å². The van der Waals surface area contributed by atoms with Crippen LogP contribution < -0.4 is 5.56 Å². The Morgan fingerprint density at radius 1 is 1.29 bits per heavy atom. The van der Waals surface area contributed by atoms with Crippen molar-refractivity contribution in [3.8, 4) is 5.13 Å². The van der Waals surface area contributed by atoms with Gasteiger partial charge in [0.25, 0.3) is 5.56 Å². The molecule has 0 saturated heterocycles. The second-order valence-corrected chi connectivity index (χ2v) is 7.33. The molecule has 0 spiro atoms. The zero-order valence-electron chi connectivity index (χ0n) is 13.7. The van der Waals surface area contributed by atoms with Gasteiger partial charge >= 0.3 is 0 Å². The summed E-state index contributed by atoms with van der Waals surface area (Å²) in [6, 6.07) is 8.28. The highest BCUT2D eigenvalue weighted by Crippen LogP contribution is 2.24. The van der Waals surface area contributed by atoms with E-state index in [2.05, 4.69) is 15.1 Å². The van der Waals surface area contributed by atoms with Crippen molar-refractivity contribution in [3.63, 3.8) is 0 Å². The Labute approximate surface area is 144 Å². The Bertz CT molecular complexity index is 910. The molecule has 1 aromatic carbocycles. The van der Waals surface area contributed by atoms with Crippen LogP contribution in [0.4, 0.5) is 0 Å². The van der Waals surface area contributed by atoms with E-state index in [1.54, 1.807) is 6.21 Å². The van der Waals surface area contributed by atoms with E-state index < -0.39 is 0 Å². The van der Waals surface area contributed by atoms with E-state index in [1.165, 1.54) is 35.3 Å². The minimum atomic E-state index is -0.0777. The number of aliphatic imine (C=N–C) groups is 1. The minimum absolute atomic E-state index is 0.0777. The van der Waals surface area contributed by atoms with Crippen LogP contribution in [-0.2, 0) is 0 Å². The monoisotopic (exact) mass is 340 g/mol. The first-order valence-electron chi connectivity index (χ1n) is 8.43. The molecule has 6 heteroatoms. The highest BCUT2D eigenvalue weighted by atomic mass is 32.1. The molecule has 2 aromatic heterocycles. The van der Waals surface area contributed by atoms with Crippen LogP contribution in [0.1, 0.15) is 43.4 Å². The van der Waals surface area contributed by atoms with E-state index >= 15 is 0 Å². The number of hydrogen-bond donors (Lipinski definition) is 1. The molecule has 1 saturated carbocycles. The molecular weight excluding hydrogens is 320 g/mol. The first kappa shape index (κ1) is 15.3. The van der Waals surface area contributed by atoms with Gasteiger partial charge in [-0.05, 0) is 31.9 Å². The predicted molar refractivity (Wildman–Crippen MR) is 98.8 cm³/mol. The van der Waals surface area contributed by atoms with Crippen molar-refractivity contribution in [2.24, 2.45) is 4.99 Å². The lowest BCUT2D eigenvalue weighted by atomic mass is 9.96. The highest BCUT2D eigenvalue weighted by Gasteiger charge is 2.15. The maximum Gasteiger partial charge on any atom is 0.282 e. The third kappa shape index (κ3) is 2.82. The summed E-state index contributed by atoms with van der Waals surface area (Å²) in [7, 11) is 0. The summed E-state index contributed by atoms with van der Waals surface area (Å²) in [5.41, 5.74) is 2.30. The fourth-order valence-corrected chi connectivity index (χ4v) is 4.14. The van der Waals surface area contributed by atoms with Gasteiger partial charge in [0.15, 0.2) is 0 Å². The molecule has 0 amide bonds. The second kappa shape index (κ2) is 6.36. The van der Waals surface area contributed by atoms with E-state index in [-0.39, 0.29) is 5.56 Å². The Kier molecular flexibility index (Phi) is 4.06. The molecule has 5 nitrogen and oxygen atoms in total. The molecule has 1 N–H and O–H groups in total. The van der Waals surface area contributed by atoms with Gasteiger partial charge < -0.3 is 0 Å². The maximum atomic E-state index is 12.7. The van der Waals surface area contributed by atoms with Gasteiger partial charge in [0, 0.05) is 18.0 Å². The van der Waals surface area contributed by atoms with Gasteiger partial charge in [0.05, 0.1) is 15.8 Å². The number of para-hydroxylation sites is 1. The number of fused-ring (bicyclic) bond motifs is 1. The van der Waals surface area contributed by atoms with Gasteiger partial charge in [-0.25, -0.2) is 4.98 Å². The quantitative estimate of drug-likeness (QED) is 0.736. The molecule has 0 aliphatic heterocycles. The smallest absolute Gasteiger partial charge is 0.282 e. The van der Waals surface area contributed by atoms with Gasteiger partial charge in [-0.15, -0.1) is 0 Å². The molecular formula is C18H20N4OS. The number of nitrogens with one attached hydrogen (secondary N) is 1. The number of hydrogen-bond acceptors (Lipinski definition) is 4. The molecule has 24 heavy (non-hydrogen) atoms. The molecule has 124 valence electrons. The molecule has 0 unspecified atom stereocenters. The van der Waals surface area contributed by atoms with E-state index in [1.807, 2.05) is 31.2 Å². The van der Waals surface area contributed by atoms with Crippen molar-refractivity contribution in [2.75, 3.05) is 0 Å². The number of aromatic nitrogens is 3. The number of thiazole rings is 1. The Hall–Kier alpha value is -2.21. The van der Waals surface area contributed by atoms with Gasteiger partial charge in [-0.1, -0.05) is 42.7 Å². The van der Waals surface area contributed by atoms with E-state index in [0.717, 1.165) is 28.8 Å². The van der Waals surface area contributed by atoms with Crippen molar-refractivity contribution in [1.82, 2.24) is 14.8 Å². The van der Waals surface area contributed by atoms with Crippen LogP contribution in [0.15, 0.2) is 34.1 Å². The molecule has 0 atom stereocenters. The number of aryl methyl sites for hydroxylation is 1. The van der Waals surface area contributed by atoms with Crippen molar-refractivity contribution in [3.05, 3.63) is 45.9 Å². The number of H-pyrrole nitrogens is 1. The predicted octanol–water partition coefficient (Wildman–Crippen LogP) is 3.84. The standard InChI is InChI=1S/C18H20N4OS/c1-12-14(11-19-13-7-3-2-4-8-13)17(23)22(21-12)18-20-15-9-5-6-10-16(15)24-18/h5-6,9-11,13,21H,2-4,7-8H2,1H3. The van der Waals surface area contributed by atoms with Crippen LogP contribution in [0.5, 0.6) is 0 Å². The zero-order chi connectivity index (χ0) is 16.5. The van der Waals surface area contributed by atoms with Gasteiger partial charge in [-0.2, -0.15) is 4.68 Å². The highest BCUT2D eigenvalue weighted by molar-refractivity contribution is 7.20. The molecule has 3 aromatic rings. The SMILES string of the molecule is Cc1[nH]n(-c2nc3ccccc3s2)c(=O)c1C=NC1CCCCC1. The number of nitrogens with zero attached hydrogens (tertiary/aromatic N) is 3. The van der Waals surface area contributed by atoms with Gasteiger partial charge in [-0.3, -0.25) is 14.9 Å². The van der Waals surface area contributed by atoms with Crippen molar-refractivity contribution < 1.29 is 0 Å². The lowest BCUT2D eigenvalue weighted by Gasteiger charge is -2.16. The normalized spacial score (nSPS) is 16.4. The van der Waals surface area contributed by atoms with Crippen LogP contribution in [0, 0.1) is 6.92 Å². The average molecular weight is 340 g/mol. The fraction of sp³-hybridized carbons (Fsp3) is 0.389. The first-order valence-corrected chi connectivity index (χ1v) is 9.25. The lowest BCUT2D eigenvalue weighted by molar-refractivity contribution is 0.444. The molecule has 1 fully saturated rings. The second-order valence-electron chi connectivity index (χ2n) is 6.33. The minimum Gasteiger partial charge on any atom is -0.293 e. The van der Waals surface area contributed by atoms with E-state index in [9.17, 15) is 4.79 Å². The summed E-state index contributed by atoms with van der Waals surface area (Å²) >= 11 is 1.51. The topological polar surface area (TPSA) is 63.0 Å². The molecule has 1 aliphatic carbocycles. The maximum absolute atomic E-state index is 12.7. The number of rotatable bonds is 3. The van der Waals surface area contributed by atoms with Crippen LogP contribution in [0.25, 0.3) is 15.3 Å². The van der Waals surface area contributed by atoms with Crippen LogP contribution >= 0.6 is 11.3 Å².